The van der Waals surface area contributed by atoms with Gasteiger partial charge in [0.15, 0.2) is 0 Å². The smallest absolute Gasteiger partial charge is 0.298 e. The first kappa shape index (κ1) is 14.1. The van der Waals surface area contributed by atoms with Gasteiger partial charge in [0, 0.05) is 18.5 Å². The molecule has 0 radical (unpaired) electrons. The summed E-state index contributed by atoms with van der Waals surface area (Å²) in [7, 11) is 0. The Morgan fingerprint density at radius 3 is 2.38 bits per heavy atom. The minimum atomic E-state index is -4.52. The molecule has 6 heteroatoms. The molecule has 0 unspecified atom stereocenters. The van der Waals surface area contributed by atoms with Gasteiger partial charge in [0.25, 0.3) is 0 Å². The van der Waals surface area contributed by atoms with E-state index in [4.69, 9.17) is 11.6 Å². The molecule has 0 N–H and O–H groups in total. The van der Waals surface area contributed by atoms with Crippen LogP contribution < -0.4 is 0 Å². The summed E-state index contributed by atoms with van der Waals surface area (Å²) in [5.41, 5.74) is 0. The Bertz CT molecular complexity index is 197. The number of hydrogen-bond acceptors (Lipinski definition) is 2. The first-order chi connectivity index (χ1) is 7.53. The molecule has 16 heavy (non-hydrogen) atoms. The Morgan fingerprint density at radius 2 is 1.94 bits per heavy atom. The molecule has 1 saturated carbocycles. The summed E-state index contributed by atoms with van der Waals surface area (Å²) >= 11 is 5.58. The molecule has 2 nitrogen and oxygen atoms in total. The number of nitrogens with zero attached hydrogens (tertiary/aromatic N) is 1. The summed E-state index contributed by atoms with van der Waals surface area (Å²) in [6.07, 6.45) is -0.382. The molecule has 1 aliphatic rings. The zero-order valence-corrected chi connectivity index (χ0v) is 9.86. The lowest BCUT2D eigenvalue weighted by Gasteiger charge is -2.37. The minimum Gasteiger partial charge on any atom is -0.298 e. The fourth-order valence-electron chi connectivity index (χ4n) is 1.77. The average Bonchev–Trinajstić information content (AvgIpc) is 2.08. The number of halogens is 4. The fraction of sp³-hybridized carbons (Fsp3) is 1.00. The third-order valence-corrected chi connectivity index (χ3v) is 3.08. The van der Waals surface area contributed by atoms with Gasteiger partial charge in [0.05, 0.1) is 6.61 Å². The van der Waals surface area contributed by atoms with Gasteiger partial charge in [-0.1, -0.05) is 6.42 Å². The lowest BCUT2D eigenvalue weighted by Crippen LogP contribution is -2.43. The molecule has 0 amide bonds. The standard InChI is InChI=1S/C10H17ClF3NO/c11-5-2-6-15(9-3-1-4-9)7-8-16-10(12,13)14/h9H,1-8H2. The Kier molecular flexibility index (Phi) is 5.86. The van der Waals surface area contributed by atoms with Gasteiger partial charge in [-0.2, -0.15) is 0 Å². The zero-order valence-electron chi connectivity index (χ0n) is 9.10. The predicted octanol–water partition coefficient (Wildman–Crippen LogP) is 3.01. The first-order valence-corrected chi connectivity index (χ1v) is 6.07. The van der Waals surface area contributed by atoms with Gasteiger partial charge in [-0.3, -0.25) is 9.64 Å². The van der Waals surface area contributed by atoms with E-state index in [1.54, 1.807) is 0 Å². The molecule has 0 bridgehead atoms. The van der Waals surface area contributed by atoms with E-state index in [9.17, 15) is 13.2 Å². The van der Waals surface area contributed by atoms with Crippen LogP contribution in [0.5, 0.6) is 0 Å². The van der Waals surface area contributed by atoms with Gasteiger partial charge < -0.3 is 0 Å². The molecule has 1 aliphatic carbocycles. The molecule has 0 aliphatic heterocycles. The molecule has 0 saturated heterocycles. The van der Waals surface area contributed by atoms with Gasteiger partial charge in [0.2, 0.25) is 0 Å². The van der Waals surface area contributed by atoms with Crippen LogP contribution in [0, 0.1) is 0 Å². The average molecular weight is 260 g/mol. The molecule has 1 fully saturated rings. The summed E-state index contributed by atoms with van der Waals surface area (Å²) < 4.78 is 39.2. The van der Waals surface area contributed by atoms with Crippen LogP contribution in [0.15, 0.2) is 0 Å². The first-order valence-electron chi connectivity index (χ1n) is 5.53. The van der Waals surface area contributed by atoms with Crippen molar-refractivity contribution in [3.63, 3.8) is 0 Å². The zero-order chi connectivity index (χ0) is 12.0. The second kappa shape index (κ2) is 6.67. The summed E-state index contributed by atoms with van der Waals surface area (Å²) in [5, 5.41) is 0. The highest BCUT2D eigenvalue weighted by molar-refractivity contribution is 6.17. The predicted molar refractivity (Wildman–Crippen MR) is 56.6 cm³/mol. The molecule has 0 aromatic heterocycles. The van der Waals surface area contributed by atoms with Crippen molar-refractivity contribution in [2.75, 3.05) is 25.6 Å². The second-order valence-electron chi connectivity index (χ2n) is 3.96. The Labute approximate surface area is 98.7 Å². The molecule has 0 aromatic carbocycles. The van der Waals surface area contributed by atoms with Crippen LogP contribution in [0.3, 0.4) is 0 Å². The number of ether oxygens (including phenoxy) is 1. The van der Waals surface area contributed by atoms with Crippen LogP contribution in [-0.2, 0) is 4.74 Å². The maximum Gasteiger partial charge on any atom is 0.522 e. The van der Waals surface area contributed by atoms with Crippen molar-refractivity contribution in [1.29, 1.82) is 0 Å². The molecule has 1 rings (SSSR count). The molecule has 0 spiro atoms. The molecule has 0 heterocycles. The van der Waals surface area contributed by atoms with Gasteiger partial charge >= 0.3 is 6.36 Å². The van der Waals surface area contributed by atoms with E-state index < -0.39 is 6.36 Å². The molecular formula is C10H17ClF3NO. The van der Waals surface area contributed by atoms with Crippen LogP contribution in [0.2, 0.25) is 0 Å². The third kappa shape index (κ3) is 5.37. The van der Waals surface area contributed by atoms with Crippen molar-refractivity contribution in [3.05, 3.63) is 0 Å². The summed E-state index contributed by atoms with van der Waals surface area (Å²) in [4.78, 5) is 2.05. The van der Waals surface area contributed by atoms with Gasteiger partial charge in [0.1, 0.15) is 0 Å². The number of rotatable bonds is 7. The molecule has 0 atom stereocenters. The monoisotopic (exact) mass is 259 g/mol. The van der Waals surface area contributed by atoms with Crippen LogP contribution >= 0.6 is 11.6 Å². The van der Waals surface area contributed by atoms with Crippen molar-refractivity contribution in [2.24, 2.45) is 0 Å². The largest absolute Gasteiger partial charge is 0.522 e. The van der Waals surface area contributed by atoms with Crippen LogP contribution in [0.4, 0.5) is 13.2 Å². The maximum atomic E-state index is 11.8. The topological polar surface area (TPSA) is 12.5 Å². The minimum absolute atomic E-state index is 0.289. The van der Waals surface area contributed by atoms with E-state index in [1.807, 2.05) is 0 Å². The van der Waals surface area contributed by atoms with E-state index in [2.05, 4.69) is 9.64 Å². The Balaban J connectivity index is 2.21. The summed E-state index contributed by atoms with van der Waals surface area (Å²) in [6, 6.07) is 0.431. The van der Waals surface area contributed by atoms with Crippen molar-refractivity contribution in [3.8, 4) is 0 Å². The SMILES string of the molecule is FC(F)(F)OCCN(CCCCl)C1CCC1. The van der Waals surface area contributed by atoms with E-state index in [0.717, 1.165) is 25.8 Å². The lowest BCUT2D eigenvalue weighted by atomic mass is 9.91. The van der Waals surface area contributed by atoms with Crippen molar-refractivity contribution in [1.82, 2.24) is 4.90 Å². The van der Waals surface area contributed by atoms with Gasteiger partial charge in [-0.25, -0.2) is 0 Å². The summed E-state index contributed by atoms with van der Waals surface area (Å²) in [6.45, 7) is 0.804. The Hall–Kier alpha value is 0. The normalized spacial score (nSPS) is 17.8. The van der Waals surface area contributed by atoms with Crippen molar-refractivity contribution in [2.45, 2.75) is 38.1 Å². The highest BCUT2D eigenvalue weighted by Gasteiger charge is 2.30. The lowest BCUT2D eigenvalue weighted by molar-refractivity contribution is -0.325. The molecule has 0 aromatic rings. The van der Waals surface area contributed by atoms with Crippen LogP contribution in [-0.4, -0.2) is 42.9 Å². The van der Waals surface area contributed by atoms with Crippen molar-refractivity contribution >= 4 is 11.6 Å². The fourth-order valence-corrected chi connectivity index (χ4v) is 1.89. The molecular weight excluding hydrogens is 243 g/mol. The van der Waals surface area contributed by atoms with Crippen LogP contribution in [0.1, 0.15) is 25.7 Å². The van der Waals surface area contributed by atoms with Crippen LogP contribution in [0.25, 0.3) is 0 Å². The van der Waals surface area contributed by atoms with E-state index in [0.29, 0.717) is 18.5 Å². The third-order valence-electron chi connectivity index (χ3n) is 2.81. The van der Waals surface area contributed by atoms with Gasteiger partial charge in [-0.05, 0) is 25.8 Å². The highest BCUT2D eigenvalue weighted by Crippen LogP contribution is 2.25. The number of hydrogen-bond donors (Lipinski definition) is 0. The Morgan fingerprint density at radius 1 is 1.25 bits per heavy atom. The quantitative estimate of drug-likeness (QED) is 0.652. The van der Waals surface area contributed by atoms with E-state index in [-0.39, 0.29) is 6.61 Å². The van der Waals surface area contributed by atoms with E-state index in [1.165, 1.54) is 6.42 Å². The van der Waals surface area contributed by atoms with Crippen molar-refractivity contribution < 1.29 is 17.9 Å². The van der Waals surface area contributed by atoms with Gasteiger partial charge in [-0.15, -0.1) is 24.8 Å². The summed E-state index contributed by atoms with van der Waals surface area (Å²) in [5.74, 6) is 0.545. The second-order valence-corrected chi connectivity index (χ2v) is 4.34. The highest BCUT2D eigenvalue weighted by atomic mass is 35.5. The van der Waals surface area contributed by atoms with E-state index >= 15 is 0 Å². The maximum absolute atomic E-state index is 11.8. The number of alkyl halides is 4. The molecule has 96 valence electrons.